The summed E-state index contributed by atoms with van der Waals surface area (Å²) in [5.74, 6) is 1.52. The van der Waals surface area contributed by atoms with E-state index in [4.69, 9.17) is 16.3 Å². The van der Waals surface area contributed by atoms with Gasteiger partial charge in [-0.1, -0.05) is 23.7 Å². The summed E-state index contributed by atoms with van der Waals surface area (Å²) >= 11 is 6.04. The number of carbonyl (C=O) groups is 1. The minimum Gasteiger partial charge on any atom is -0.484 e. The van der Waals surface area contributed by atoms with Gasteiger partial charge in [-0.05, 0) is 19.1 Å². The van der Waals surface area contributed by atoms with Crippen LogP contribution in [-0.2, 0) is 13.2 Å². The number of hydrogen-bond donors (Lipinski definition) is 0. The van der Waals surface area contributed by atoms with Gasteiger partial charge in [0.2, 0.25) is 5.82 Å². The SMILES string of the molecule is CCN1CCn2c(COc3ccccc3Cl)nnc2C1=O. The maximum Gasteiger partial charge on any atom is 0.291 e. The van der Waals surface area contributed by atoms with E-state index in [9.17, 15) is 4.79 Å². The van der Waals surface area contributed by atoms with E-state index in [-0.39, 0.29) is 12.5 Å². The monoisotopic (exact) mass is 306 g/mol. The maximum atomic E-state index is 12.1. The number of benzene rings is 1. The number of rotatable bonds is 4. The Morgan fingerprint density at radius 3 is 2.86 bits per heavy atom. The van der Waals surface area contributed by atoms with E-state index in [1.807, 2.05) is 23.6 Å². The molecule has 0 spiro atoms. The van der Waals surface area contributed by atoms with E-state index in [1.165, 1.54) is 0 Å². The number of aromatic nitrogens is 3. The van der Waals surface area contributed by atoms with Crippen LogP contribution in [0.4, 0.5) is 0 Å². The lowest BCUT2D eigenvalue weighted by molar-refractivity contribution is 0.0704. The highest BCUT2D eigenvalue weighted by molar-refractivity contribution is 6.32. The average molecular weight is 307 g/mol. The summed E-state index contributed by atoms with van der Waals surface area (Å²) < 4.78 is 7.47. The number of hydrogen-bond acceptors (Lipinski definition) is 4. The van der Waals surface area contributed by atoms with Crippen molar-refractivity contribution in [2.45, 2.75) is 20.1 Å². The molecular weight excluding hydrogens is 292 g/mol. The molecule has 0 N–H and O–H groups in total. The molecule has 1 aromatic heterocycles. The summed E-state index contributed by atoms with van der Waals surface area (Å²) in [5, 5.41) is 8.58. The molecule has 7 heteroatoms. The summed E-state index contributed by atoms with van der Waals surface area (Å²) in [6.45, 7) is 4.21. The molecule has 0 bridgehead atoms. The Morgan fingerprint density at radius 2 is 2.10 bits per heavy atom. The minimum atomic E-state index is -0.0831. The Balaban J connectivity index is 1.77. The van der Waals surface area contributed by atoms with E-state index >= 15 is 0 Å². The van der Waals surface area contributed by atoms with Crippen molar-refractivity contribution in [2.75, 3.05) is 13.1 Å². The second-order valence-electron chi connectivity index (χ2n) is 4.70. The third-order valence-electron chi connectivity index (χ3n) is 3.47. The van der Waals surface area contributed by atoms with Crippen LogP contribution in [0.15, 0.2) is 24.3 Å². The molecule has 0 fully saturated rings. The molecule has 110 valence electrons. The van der Waals surface area contributed by atoms with Gasteiger partial charge in [-0.25, -0.2) is 0 Å². The van der Waals surface area contributed by atoms with Gasteiger partial charge in [0.05, 0.1) is 5.02 Å². The molecule has 1 aliphatic heterocycles. The summed E-state index contributed by atoms with van der Waals surface area (Å²) in [7, 11) is 0. The van der Waals surface area contributed by atoms with E-state index in [0.717, 1.165) is 0 Å². The van der Waals surface area contributed by atoms with Gasteiger partial charge in [0.25, 0.3) is 5.91 Å². The predicted molar refractivity (Wildman–Crippen MR) is 77.4 cm³/mol. The fourth-order valence-corrected chi connectivity index (χ4v) is 2.50. The van der Waals surface area contributed by atoms with Crippen molar-refractivity contribution in [3.63, 3.8) is 0 Å². The van der Waals surface area contributed by atoms with Crippen molar-refractivity contribution in [3.05, 3.63) is 40.9 Å². The zero-order valence-electron chi connectivity index (χ0n) is 11.6. The second-order valence-corrected chi connectivity index (χ2v) is 5.10. The molecule has 1 aromatic carbocycles. The number of nitrogens with zero attached hydrogens (tertiary/aromatic N) is 4. The van der Waals surface area contributed by atoms with E-state index in [1.54, 1.807) is 17.0 Å². The van der Waals surface area contributed by atoms with Gasteiger partial charge in [0, 0.05) is 19.6 Å². The lowest BCUT2D eigenvalue weighted by Gasteiger charge is -2.26. The van der Waals surface area contributed by atoms with Gasteiger partial charge in [-0.3, -0.25) is 4.79 Å². The average Bonchev–Trinajstić information content (AvgIpc) is 2.91. The van der Waals surface area contributed by atoms with Gasteiger partial charge in [0.15, 0.2) is 5.82 Å². The van der Waals surface area contributed by atoms with Crippen molar-refractivity contribution in [1.82, 2.24) is 19.7 Å². The number of para-hydroxylation sites is 1. The third-order valence-corrected chi connectivity index (χ3v) is 3.79. The van der Waals surface area contributed by atoms with Crippen LogP contribution in [0.1, 0.15) is 23.4 Å². The molecule has 21 heavy (non-hydrogen) atoms. The zero-order valence-corrected chi connectivity index (χ0v) is 12.4. The molecule has 0 atom stereocenters. The van der Waals surface area contributed by atoms with Gasteiger partial charge in [-0.15, -0.1) is 10.2 Å². The smallest absolute Gasteiger partial charge is 0.291 e. The highest BCUT2D eigenvalue weighted by atomic mass is 35.5. The van der Waals surface area contributed by atoms with Crippen LogP contribution in [0.3, 0.4) is 0 Å². The summed E-state index contributed by atoms with van der Waals surface area (Å²) in [6, 6.07) is 7.24. The number of fused-ring (bicyclic) bond motifs is 1. The number of halogens is 1. The van der Waals surface area contributed by atoms with Crippen molar-refractivity contribution in [1.29, 1.82) is 0 Å². The first kappa shape index (κ1) is 13.9. The molecule has 6 nitrogen and oxygen atoms in total. The van der Waals surface area contributed by atoms with Gasteiger partial charge in [0.1, 0.15) is 12.4 Å². The van der Waals surface area contributed by atoms with Crippen molar-refractivity contribution >= 4 is 17.5 Å². The normalized spacial score (nSPS) is 14.2. The molecule has 2 aromatic rings. The van der Waals surface area contributed by atoms with Crippen molar-refractivity contribution in [3.8, 4) is 5.75 Å². The summed E-state index contributed by atoms with van der Waals surface area (Å²) in [5.41, 5.74) is 0. The van der Waals surface area contributed by atoms with E-state index < -0.39 is 0 Å². The van der Waals surface area contributed by atoms with Crippen molar-refractivity contribution in [2.24, 2.45) is 0 Å². The van der Waals surface area contributed by atoms with Gasteiger partial charge in [-0.2, -0.15) is 0 Å². The molecule has 0 saturated carbocycles. The van der Waals surface area contributed by atoms with Crippen LogP contribution in [0.25, 0.3) is 0 Å². The molecular formula is C14H15ClN4O2. The number of amides is 1. The van der Waals surface area contributed by atoms with Crippen LogP contribution in [-0.4, -0.2) is 38.7 Å². The number of carbonyl (C=O) groups excluding carboxylic acids is 1. The largest absolute Gasteiger partial charge is 0.484 e. The first-order valence-electron chi connectivity index (χ1n) is 6.79. The lowest BCUT2D eigenvalue weighted by atomic mass is 10.3. The topological polar surface area (TPSA) is 60.2 Å². The minimum absolute atomic E-state index is 0.0831. The molecule has 3 rings (SSSR count). The van der Waals surface area contributed by atoms with Crippen LogP contribution >= 0.6 is 11.6 Å². The van der Waals surface area contributed by atoms with E-state index in [0.29, 0.717) is 42.1 Å². The predicted octanol–water partition coefficient (Wildman–Crippen LogP) is 1.99. The Morgan fingerprint density at radius 1 is 1.29 bits per heavy atom. The fourth-order valence-electron chi connectivity index (χ4n) is 2.30. The second kappa shape index (κ2) is 5.73. The van der Waals surface area contributed by atoms with Crippen LogP contribution in [0, 0.1) is 0 Å². The summed E-state index contributed by atoms with van der Waals surface area (Å²) in [6.07, 6.45) is 0. The van der Waals surface area contributed by atoms with Crippen LogP contribution < -0.4 is 4.74 Å². The Labute approximate surface area is 127 Å². The highest BCUT2D eigenvalue weighted by Crippen LogP contribution is 2.24. The van der Waals surface area contributed by atoms with E-state index in [2.05, 4.69) is 10.2 Å². The molecule has 0 saturated heterocycles. The first-order valence-corrected chi connectivity index (χ1v) is 7.17. The van der Waals surface area contributed by atoms with Gasteiger partial charge < -0.3 is 14.2 Å². The van der Waals surface area contributed by atoms with Gasteiger partial charge >= 0.3 is 0 Å². The third kappa shape index (κ3) is 2.58. The summed E-state index contributed by atoms with van der Waals surface area (Å²) in [4.78, 5) is 13.9. The van der Waals surface area contributed by atoms with Crippen molar-refractivity contribution < 1.29 is 9.53 Å². The Bertz CT molecular complexity index is 671. The van der Waals surface area contributed by atoms with Crippen LogP contribution in [0.5, 0.6) is 5.75 Å². The standard InChI is InChI=1S/C14H15ClN4O2/c1-2-18-7-8-19-12(16-17-13(19)14(18)20)9-21-11-6-4-3-5-10(11)15/h3-6H,2,7-9H2,1H3. The maximum absolute atomic E-state index is 12.1. The fraction of sp³-hybridized carbons (Fsp3) is 0.357. The quantitative estimate of drug-likeness (QED) is 0.866. The molecule has 0 radical (unpaired) electrons. The lowest BCUT2D eigenvalue weighted by Crippen LogP contribution is -2.40. The Hall–Kier alpha value is -2.08. The first-order chi connectivity index (χ1) is 10.2. The van der Waals surface area contributed by atoms with Crippen LogP contribution in [0.2, 0.25) is 5.02 Å². The zero-order chi connectivity index (χ0) is 14.8. The number of likely N-dealkylation sites (N-methyl/N-ethyl adjacent to an activating group) is 1. The molecule has 0 unspecified atom stereocenters. The highest BCUT2D eigenvalue weighted by Gasteiger charge is 2.27. The molecule has 0 aliphatic carbocycles. The Kier molecular flexibility index (Phi) is 3.79. The number of ether oxygens (including phenoxy) is 1. The molecule has 1 amide bonds. The molecule has 1 aliphatic rings. The molecule has 2 heterocycles.